The van der Waals surface area contributed by atoms with E-state index in [1.165, 1.54) is 5.56 Å². The van der Waals surface area contributed by atoms with Crippen LogP contribution in [0.3, 0.4) is 0 Å². The van der Waals surface area contributed by atoms with Gasteiger partial charge in [-0.25, -0.2) is 4.68 Å². The van der Waals surface area contributed by atoms with Gasteiger partial charge in [-0.05, 0) is 24.1 Å². The zero-order chi connectivity index (χ0) is 13.0. The fourth-order valence-electron chi connectivity index (χ4n) is 1.96. The molecule has 0 atom stereocenters. The van der Waals surface area contributed by atoms with Gasteiger partial charge < -0.3 is 10.6 Å². The number of rotatable bonds is 5. The van der Waals surface area contributed by atoms with Gasteiger partial charge in [0, 0.05) is 25.8 Å². The topological polar surface area (TPSA) is 60.0 Å². The fourth-order valence-corrected chi connectivity index (χ4v) is 1.96. The Morgan fingerprint density at radius 3 is 2.56 bits per heavy atom. The monoisotopic (exact) mass is 245 g/mol. The Labute approximate surface area is 107 Å². The molecule has 0 saturated heterocycles. The molecule has 2 rings (SSSR count). The summed E-state index contributed by atoms with van der Waals surface area (Å²) in [4.78, 5) is 2.27. The molecule has 0 aliphatic rings. The van der Waals surface area contributed by atoms with Crippen LogP contribution in [0.4, 0.5) is 11.5 Å². The number of anilines is 2. The van der Waals surface area contributed by atoms with Crippen molar-refractivity contribution in [1.29, 1.82) is 0 Å². The Balaban J connectivity index is 2.16. The predicted molar refractivity (Wildman–Crippen MR) is 73.2 cm³/mol. The standard InChI is InChI=1S/C13H19N5/c1-3-8-18(13-9-15-16-17(13)2)10-11-4-6-12(14)7-5-11/h4-7,9H,3,8,10,14H2,1-2H3. The molecule has 5 nitrogen and oxygen atoms in total. The minimum atomic E-state index is 0.794. The van der Waals surface area contributed by atoms with Crippen molar-refractivity contribution < 1.29 is 0 Å². The number of aryl methyl sites for hydroxylation is 1. The molecule has 1 aromatic carbocycles. The van der Waals surface area contributed by atoms with E-state index in [4.69, 9.17) is 5.73 Å². The molecule has 0 saturated carbocycles. The first-order valence-corrected chi connectivity index (χ1v) is 6.14. The van der Waals surface area contributed by atoms with Gasteiger partial charge in [-0.15, -0.1) is 5.10 Å². The molecule has 0 bridgehead atoms. The highest BCUT2D eigenvalue weighted by Crippen LogP contribution is 2.16. The van der Waals surface area contributed by atoms with E-state index in [0.717, 1.165) is 31.0 Å². The average molecular weight is 245 g/mol. The van der Waals surface area contributed by atoms with Crippen LogP contribution in [0.1, 0.15) is 18.9 Å². The van der Waals surface area contributed by atoms with Gasteiger partial charge >= 0.3 is 0 Å². The summed E-state index contributed by atoms with van der Waals surface area (Å²) in [5.74, 6) is 1.04. The SMILES string of the molecule is CCCN(Cc1ccc(N)cc1)c1cnnn1C. The largest absolute Gasteiger partial charge is 0.399 e. The molecule has 5 heteroatoms. The van der Waals surface area contributed by atoms with Crippen molar-refractivity contribution in [2.45, 2.75) is 19.9 Å². The minimum absolute atomic E-state index is 0.794. The van der Waals surface area contributed by atoms with Crippen molar-refractivity contribution in [2.24, 2.45) is 7.05 Å². The summed E-state index contributed by atoms with van der Waals surface area (Å²) in [5.41, 5.74) is 7.73. The van der Waals surface area contributed by atoms with E-state index in [0.29, 0.717) is 0 Å². The quantitative estimate of drug-likeness (QED) is 0.816. The first-order chi connectivity index (χ1) is 8.70. The van der Waals surface area contributed by atoms with Crippen LogP contribution in [-0.4, -0.2) is 21.5 Å². The van der Waals surface area contributed by atoms with E-state index in [-0.39, 0.29) is 0 Å². The highest BCUT2D eigenvalue weighted by molar-refractivity contribution is 5.42. The van der Waals surface area contributed by atoms with Gasteiger partial charge in [0.05, 0.1) is 6.20 Å². The summed E-state index contributed by atoms with van der Waals surface area (Å²) in [6.45, 7) is 3.99. The smallest absolute Gasteiger partial charge is 0.147 e. The van der Waals surface area contributed by atoms with E-state index in [2.05, 4.69) is 34.3 Å². The number of aromatic nitrogens is 3. The maximum absolute atomic E-state index is 5.70. The van der Waals surface area contributed by atoms with E-state index in [1.807, 2.05) is 19.2 Å². The maximum atomic E-state index is 5.70. The van der Waals surface area contributed by atoms with Crippen LogP contribution in [0.2, 0.25) is 0 Å². The maximum Gasteiger partial charge on any atom is 0.147 e. The Morgan fingerprint density at radius 1 is 1.28 bits per heavy atom. The molecule has 2 N–H and O–H groups in total. The lowest BCUT2D eigenvalue weighted by Crippen LogP contribution is -2.25. The zero-order valence-electron chi connectivity index (χ0n) is 10.9. The lowest BCUT2D eigenvalue weighted by Gasteiger charge is -2.23. The van der Waals surface area contributed by atoms with Crippen LogP contribution in [0.15, 0.2) is 30.5 Å². The molecular formula is C13H19N5. The highest BCUT2D eigenvalue weighted by atomic mass is 15.5. The number of benzene rings is 1. The molecule has 0 radical (unpaired) electrons. The second kappa shape index (κ2) is 5.53. The van der Waals surface area contributed by atoms with Gasteiger partial charge in [-0.3, -0.25) is 0 Å². The fraction of sp³-hybridized carbons (Fsp3) is 0.385. The summed E-state index contributed by atoms with van der Waals surface area (Å²) in [6.07, 6.45) is 2.88. The first-order valence-electron chi connectivity index (χ1n) is 6.14. The third-order valence-corrected chi connectivity index (χ3v) is 2.86. The second-order valence-corrected chi connectivity index (χ2v) is 4.38. The van der Waals surface area contributed by atoms with Crippen molar-refractivity contribution in [3.8, 4) is 0 Å². The molecule has 1 aromatic heterocycles. The number of nitrogen functional groups attached to an aromatic ring is 1. The molecule has 0 fully saturated rings. The molecular weight excluding hydrogens is 226 g/mol. The number of hydrogen-bond acceptors (Lipinski definition) is 4. The molecule has 0 amide bonds. The summed E-state index contributed by atoms with van der Waals surface area (Å²) >= 11 is 0. The molecule has 0 aliphatic heterocycles. The van der Waals surface area contributed by atoms with Crippen LogP contribution < -0.4 is 10.6 Å². The van der Waals surface area contributed by atoms with Gasteiger partial charge in [0.1, 0.15) is 5.82 Å². The number of nitrogens with two attached hydrogens (primary N) is 1. The van der Waals surface area contributed by atoms with Gasteiger partial charge in [0.25, 0.3) is 0 Å². The van der Waals surface area contributed by atoms with Crippen LogP contribution in [-0.2, 0) is 13.6 Å². The van der Waals surface area contributed by atoms with Crippen LogP contribution in [0.5, 0.6) is 0 Å². The highest BCUT2D eigenvalue weighted by Gasteiger charge is 2.10. The zero-order valence-corrected chi connectivity index (χ0v) is 10.9. The lowest BCUT2D eigenvalue weighted by molar-refractivity contribution is 0.669. The number of hydrogen-bond donors (Lipinski definition) is 1. The Morgan fingerprint density at radius 2 is 2.00 bits per heavy atom. The van der Waals surface area contributed by atoms with Crippen molar-refractivity contribution in [1.82, 2.24) is 15.0 Å². The summed E-state index contributed by atoms with van der Waals surface area (Å²) < 4.78 is 1.80. The van der Waals surface area contributed by atoms with Gasteiger partial charge in [0.15, 0.2) is 0 Å². The third kappa shape index (κ3) is 2.80. The molecule has 1 heterocycles. The minimum Gasteiger partial charge on any atom is -0.399 e. The predicted octanol–water partition coefficient (Wildman–Crippen LogP) is 1.81. The Kier molecular flexibility index (Phi) is 3.82. The van der Waals surface area contributed by atoms with Crippen LogP contribution in [0, 0.1) is 0 Å². The lowest BCUT2D eigenvalue weighted by atomic mass is 10.2. The molecule has 2 aromatic rings. The molecule has 96 valence electrons. The average Bonchev–Trinajstić information content (AvgIpc) is 2.78. The molecule has 18 heavy (non-hydrogen) atoms. The second-order valence-electron chi connectivity index (χ2n) is 4.38. The van der Waals surface area contributed by atoms with Gasteiger partial charge in [0.2, 0.25) is 0 Å². The van der Waals surface area contributed by atoms with E-state index in [1.54, 1.807) is 10.9 Å². The Hall–Kier alpha value is -2.04. The number of nitrogens with zero attached hydrogens (tertiary/aromatic N) is 4. The molecule has 0 unspecified atom stereocenters. The first kappa shape index (κ1) is 12.4. The van der Waals surface area contributed by atoms with Crippen molar-refractivity contribution in [2.75, 3.05) is 17.2 Å². The van der Waals surface area contributed by atoms with Crippen LogP contribution >= 0.6 is 0 Å². The van der Waals surface area contributed by atoms with E-state index in [9.17, 15) is 0 Å². The third-order valence-electron chi connectivity index (χ3n) is 2.86. The molecule has 0 aliphatic carbocycles. The normalized spacial score (nSPS) is 10.6. The van der Waals surface area contributed by atoms with Gasteiger partial charge in [-0.2, -0.15) is 0 Å². The molecule has 0 spiro atoms. The summed E-state index contributed by atoms with van der Waals surface area (Å²) in [5, 5.41) is 7.91. The van der Waals surface area contributed by atoms with Crippen molar-refractivity contribution in [3.05, 3.63) is 36.0 Å². The summed E-state index contributed by atoms with van der Waals surface area (Å²) in [6, 6.07) is 7.98. The Bertz CT molecular complexity index is 488. The summed E-state index contributed by atoms with van der Waals surface area (Å²) in [7, 11) is 1.91. The van der Waals surface area contributed by atoms with Crippen LogP contribution in [0.25, 0.3) is 0 Å². The van der Waals surface area contributed by atoms with Crippen molar-refractivity contribution >= 4 is 11.5 Å². The van der Waals surface area contributed by atoms with E-state index >= 15 is 0 Å². The van der Waals surface area contributed by atoms with E-state index < -0.39 is 0 Å². The van der Waals surface area contributed by atoms with Crippen molar-refractivity contribution in [3.63, 3.8) is 0 Å². The van der Waals surface area contributed by atoms with Gasteiger partial charge in [-0.1, -0.05) is 24.3 Å².